The maximum atomic E-state index is 12.2. The largest absolute Gasteiger partial charge is 0.463 e. The van der Waals surface area contributed by atoms with Gasteiger partial charge in [0.2, 0.25) is 0 Å². The van der Waals surface area contributed by atoms with Crippen molar-refractivity contribution in [2.24, 2.45) is 0 Å². The molecule has 0 amide bonds. The number of aromatic nitrogens is 2. The topological polar surface area (TPSA) is 78.4 Å². The molecule has 0 aliphatic rings. The molecule has 2 rings (SSSR count). The summed E-state index contributed by atoms with van der Waals surface area (Å²) in [6.45, 7) is 5.70. The Morgan fingerprint density at radius 1 is 0.853 bits per heavy atom. The molecule has 7 heteroatoms. The van der Waals surface area contributed by atoms with Crippen molar-refractivity contribution in [3.8, 4) is 11.1 Å². The maximum Gasteiger partial charge on any atom is 0.347 e. The van der Waals surface area contributed by atoms with E-state index in [4.69, 9.17) is 9.47 Å². The van der Waals surface area contributed by atoms with Gasteiger partial charge in [-0.15, -0.1) is 0 Å². The number of hydrogen-bond acceptors (Lipinski definition) is 7. The quantitative estimate of drug-likeness (QED) is 0.111. The second-order valence-electron chi connectivity index (χ2n) is 8.31. The molecule has 0 N–H and O–H groups in total. The third kappa shape index (κ3) is 10.2. The summed E-state index contributed by atoms with van der Waals surface area (Å²) < 4.78 is 10.0. The molecule has 2 aromatic rings. The van der Waals surface area contributed by atoms with Crippen LogP contribution in [0, 0.1) is 0 Å². The number of rotatable bonds is 16. The van der Waals surface area contributed by atoms with Gasteiger partial charge in [0.1, 0.15) is 0 Å². The van der Waals surface area contributed by atoms with E-state index in [-0.39, 0.29) is 6.61 Å². The van der Waals surface area contributed by atoms with Crippen molar-refractivity contribution in [2.75, 3.05) is 12.4 Å². The molecule has 0 spiro atoms. The molecule has 1 atom stereocenters. The Morgan fingerprint density at radius 2 is 1.44 bits per heavy atom. The van der Waals surface area contributed by atoms with Crippen LogP contribution in [0.15, 0.2) is 41.8 Å². The number of esters is 2. The first-order chi connectivity index (χ1) is 16.5. The van der Waals surface area contributed by atoms with Gasteiger partial charge in [-0.3, -0.25) is 0 Å². The van der Waals surface area contributed by atoms with E-state index in [1.54, 1.807) is 30.8 Å². The second kappa shape index (κ2) is 16.3. The lowest BCUT2D eigenvalue weighted by Gasteiger charge is -2.12. The van der Waals surface area contributed by atoms with Crippen LogP contribution in [0.1, 0.15) is 88.9 Å². The molecule has 1 heterocycles. The first-order valence-corrected chi connectivity index (χ1v) is 13.5. The summed E-state index contributed by atoms with van der Waals surface area (Å²) in [4.78, 5) is 32.8. The van der Waals surface area contributed by atoms with Crippen molar-refractivity contribution in [1.29, 1.82) is 0 Å². The van der Waals surface area contributed by atoms with Gasteiger partial charge in [-0.1, -0.05) is 82.2 Å². The van der Waals surface area contributed by atoms with Gasteiger partial charge in [-0.2, -0.15) is 0 Å². The minimum absolute atomic E-state index is 0.244. The monoisotopic (exact) mass is 486 g/mol. The van der Waals surface area contributed by atoms with Crippen molar-refractivity contribution in [3.63, 3.8) is 0 Å². The van der Waals surface area contributed by atoms with Crippen LogP contribution in [-0.4, -0.2) is 40.4 Å². The molecule has 0 saturated carbocycles. The highest BCUT2D eigenvalue weighted by Gasteiger charge is 2.19. The van der Waals surface area contributed by atoms with Crippen LogP contribution in [0.5, 0.6) is 0 Å². The van der Waals surface area contributed by atoms with Crippen LogP contribution in [-0.2, 0) is 14.3 Å². The van der Waals surface area contributed by atoms with Crippen LogP contribution in [0.25, 0.3) is 11.1 Å². The number of benzene rings is 1. The summed E-state index contributed by atoms with van der Waals surface area (Å²) >= 11 is 1.70. The Bertz CT molecular complexity index is 856. The van der Waals surface area contributed by atoms with Crippen LogP contribution < -0.4 is 0 Å². The zero-order valence-electron chi connectivity index (χ0n) is 20.8. The van der Waals surface area contributed by atoms with Crippen molar-refractivity contribution in [3.05, 3.63) is 42.2 Å². The molecule has 0 saturated heterocycles. The fourth-order valence-corrected chi connectivity index (χ4v) is 4.24. The molecule has 0 bridgehead atoms. The molecular formula is C27H38N2O4S. The highest BCUT2D eigenvalue weighted by atomic mass is 32.2. The van der Waals surface area contributed by atoms with E-state index < -0.39 is 18.0 Å². The standard InChI is InChI=1S/C27H38N2O4S/c1-4-6-7-8-9-10-11-12-13-18-34-27-28-19-24(20-29-27)22-14-16-23(17-15-22)26(31)33-21(3)25(30)32-5-2/h14-17,19-21H,4-13,18H2,1-3H3/t21-/m0/s1. The Balaban J connectivity index is 1.72. The summed E-state index contributed by atoms with van der Waals surface area (Å²) in [7, 11) is 0. The van der Waals surface area contributed by atoms with E-state index in [1.165, 1.54) is 64.7 Å². The number of hydrogen-bond donors (Lipinski definition) is 0. The van der Waals surface area contributed by atoms with Gasteiger partial charge in [0.25, 0.3) is 0 Å². The molecule has 186 valence electrons. The van der Waals surface area contributed by atoms with Gasteiger partial charge in [0.05, 0.1) is 12.2 Å². The van der Waals surface area contributed by atoms with E-state index in [2.05, 4.69) is 16.9 Å². The smallest absolute Gasteiger partial charge is 0.347 e. The molecule has 6 nitrogen and oxygen atoms in total. The maximum absolute atomic E-state index is 12.2. The third-order valence-corrected chi connectivity index (χ3v) is 6.43. The van der Waals surface area contributed by atoms with Crippen LogP contribution >= 0.6 is 11.8 Å². The molecule has 0 radical (unpaired) electrons. The SMILES string of the molecule is CCCCCCCCCCCSc1ncc(-c2ccc(C(=O)O[C@@H](C)C(=O)OCC)cc2)cn1. The zero-order valence-corrected chi connectivity index (χ0v) is 21.6. The Labute approximate surface area is 208 Å². The first kappa shape index (κ1) is 27.8. The molecule has 1 aromatic heterocycles. The van der Waals surface area contributed by atoms with E-state index in [0.29, 0.717) is 5.56 Å². The Morgan fingerprint density at radius 3 is 2.03 bits per heavy atom. The number of ether oxygens (including phenoxy) is 2. The average Bonchev–Trinajstić information content (AvgIpc) is 2.85. The van der Waals surface area contributed by atoms with Gasteiger partial charge in [0, 0.05) is 23.7 Å². The van der Waals surface area contributed by atoms with Gasteiger partial charge in [-0.25, -0.2) is 19.6 Å². The molecule has 0 fully saturated rings. The minimum atomic E-state index is -0.943. The second-order valence-corrected chi connectivity index (χ2v) is 9.37. The van der Waals surface area contributed by atoms with Crippen molar-refractivity contribution in [1.82, 2.24) is 9.97 Å². The van der Waals surface area contributed by atoms with Gasteiger partial charge >= 0.3 is 11.9 Å². The number of carbonyl (C=O) groups excluding carboxylic acids is 2. The normalized spacial score (nSPS) is 11.7. The summed E-state index contributed by atoms with van der Waals surface area (Å²) in [5, 5.41) is 0.788. The summed E-state index contributed by atoms with van der Waals surface area (Å²) in [5.74, 6) is -0.0806. The molecule has 1 aromatic carbocycles. The lowest BCUT2D eigenvalue weighted by molar-refractivity contribution is -0.152. The molecule has 0 unspecified atom stereocenters. The first-order valence-electron chi connectivity index (χ1n) is 12.5. The van der Waals surface area contributed by atoms with Gasteiger partial charge in [0.15, 0.2) is 11.3 Å². The molecular weight excluding hydrogens is 448 g/mol. The fourth-order valence-electron chi connectivity index (χ4n) is 3.45. The van der Waals surface area contributed by atoms with E-state index >= 15 is 0 Å². The highest BCUT2D eigenvalue weighted by Crippen LogP contribution is 2.22. The number of unbranched alkanes of at least 4 members (excludes halogenated alkanes) is 8. The zero-order chi connectivity index (χ0) is 24.6. The average molecular weight is 487 g/mol. The Hall–Kier alpha value is -2.41. The van der Waals surface area contributed by atoms with Gasteiger partial charge in [-0.05, 0) is 38.0 Å². The lowest BCUT2D eigenvalue weighted by atomic mass is 10.1. The summed E-state index contributed by atoms with van der Waals surface area (Å²) in [6.07, 6.45) is 14.6. The van der Waals surface area contributed by atoms with E-state index in [1.807, 2.05) is 24.5 Å². The van der Waals surface area contributed by atoms with Crippen LogP contribution in [0.4, 0.5) is 0 Å². The minimum Gasteiger partial charge on any atom is -0.463 e. The lowest BCUT2D eigenvalue weighted by Crippen LogP contribution is -2.26. The molecule has 0 aliphatic heterocycles. The predicted octanol–water partition coefficient (Wildman–Crippen LogP) is 6.87. The summed E-state index contributed by atoms with van der Waals surface area (Å²) in [6, 6.07) is 6.98. The van der Waals surface area contributed by atoms with Crippen LogP contribution in [0.2, 0.25) is 0 Å². The number of carbonyl (C=O) groups is 2. The number of thioether (sulfide) groups is 1. The Kier molecular flexibility index (Phi) is 13.3. The fraction of sp³-hybridized carbons (Fsp3) is 0.556. The number of nitrogens with zero attached hydrogens (tertiary/aromatic N) is 2. The highest BCUT2D eigenvalue weighted by molar-refractivity contribution is 7.99. The van der Waals surface area contributed by atoms with Crippen molar-refractivity contribution >= 4 is 23.7 Å². The molecule has 34 heavy (non-hydrogen) atoms. The van der Waals surface area contributed by atoms with Gasteiger partial charge < -0.3 is 9.47 Å². The summed E-state index contributed by atoms with van der Waals surface area (Å²) in [5.41, 5.74) is 2.16. The van der Waals surface area contributed by atoms with Crippen molar-refractivity contribution in [2.45, 2.75) is 89.8 Å². The molecule has 0 aliphatic carbocycles. The van der Waals surface area contributed by atoms with Crippen molar-refractivity contribution < 1.29 is 19.1 Å². The predicted molar refractivity (Wildman–Crippen MR) is 137 cm³/mol. The van der Waals surface area contributed by atoms with E-state index in [0.717, 1.165) is 22.0 Å². The van der Waals surface area contributed by atoms with E-state index in [9.17, 15) is 9.59 Å². The van der Waals surface area contributed by atoms with Crippen LogP contribution in [0.3, 0.4) is 0 Å². The third-order valence-electron chi connectivity index (χ3n) is 5.46.